The van der Waals surface area contributed by atoms with Crippen molar-refractivity contribution in [1.29, 1.82) is 0 Å². The van der Waals surface area contributed by atoms with Crippen LogP contribution in [0.25, 0.3) is 0 Å². The molecule has 0 saturated heterocycles. The fourth-order valence-corrected chi connectivity index (χ4v) is 2.95. The summed E-state index contributed by atoms with van der Waals surface area (Å²) in [5.74, 6) is 1.30. The van der Waals surface area contributed by atoms with Crippen LogP contribution in [0.15, 0.2) is 34.0 Å². The summed E-state index contributed by atoms with van der Waals surface area (Å²) in [5.41, 5.74) is 0.379. The highest BCUT2D eigenvalue weighted by atomic mass is 16.5. The van der Waals surface area contributed by atoms with Crippen LogP contribution in [0.5, 0.6) is 11.5 Å². The standard InChI is InChI=1S/C18H21N3O5/c1-11-8-21(18(24)20-17(11)23)9-15(22)19-7-12-6-13-4-3-5-14(25-2)16(13)26-10-12/h3-5,8,12H,6-7,9-10H2,1-2H3,(H,19,22)(H,20,23,24)/t12-/m0/s1. The van der Waals surface area contributed by atoms with Gasteiger partial charge < -0.3 is 14.8 Å². The number of hydrogen-bond acceptors (Lipinski definition) is 5. The number of aromatic nitrogens is 2. The number of H-pyrrole nitrogens is 1. The van der Waals surface area contributed by atoms with Gasteiger partial charge in [-0.2, -0.15) is 0 Å². The van der Waals surface area contributed by atoms with Gasteiger partial charge in [-0.1, -0.05) is 12.1 Å². The van der Waals surface area contributed by atoms with Crippen LogP contribution in [0.2, 0.25) is 0 Å². The summed E-state index contributed by atoms with van der Waals surface area (Å²) >= 11 is 0. The van der Waals surface area contributed by atoms with Crippen molar-refractivity contribution in [2.45, 2.75) is 19.9 Å². The average Bonchev–Trinajstić information content (AvgIpc) is 2.63. The summed E-state index contributed by atoms with van der Waals surface area (Å²) in [7, 11) is 1.60. The van der Waals surface area contributed by atoms with Crippen molar-refractivity contribution >= 4 is 5.91 Å². The van der Waals surface area contributed by atoms with E-state index in [9.17, 15) is 14.4 Å². The van der Waals surface area contributed by atoms with E-state index < -0.39 is 11.2 Å². The minimum absolute atomic E-state index is 0.132. The van der Waals surface area contributed by atoms with E-state index in [4.69, 9.17) is 9.47 Å². The normalized spacial score (nSPS) is 15.7. The van der Waals surface area contributed by atoms with E-state index in [0.717, 1.165) is 17.7 Å². The number of hydrogen-bond donors (Lipinski definition) is 2. The Morgan fingerprint density at radius 2 is 2.23 bits per heavy atom. The topological polar surface area (TPSA) is 102 Å². The van der Waals surface area contributed by atoms with Crippen LogP contribution in [0.4, 0.5) is 0 Å². The monoisotopic (exact) mass is 359 g/mol. The molecule has 1 aromatic carbocycles. The number of aromatic amines is 1. The Labute approximate surface area is 149 Å². The Bertz CT molecular complexity index is 931. The number of carbonyl (C=O) groups excluding carboxylic acids is 1. The lowest BCUT2D eigenvalue weighted by Gasteiger charge is -2.26. The molecule has 1 amide bonds. The Kier molecular flexibility index (Phi) is 5.11. The molecule has 138 valence electrons. The number of rotatable bonds is 5. The maximum atomic E-state index is 12.1. The summed E-state index contributed by atoms with van der Waals surface area (Å²) in [6.45, 7) is 2.35. The highest BCUT2D eigenvalue weighted by molar-refractivity contribution is 5.75. The van der Waals surface area contributed by atoms with E-state index in [1.807, 2.05) is 18.2 Å². The number of carbonyl (C=O) groups is 1. The van der Waals surface area contributed by atoms with Gasteiger partial charge in [0.05, 0.1) is 13.7 Å². The number of amides is 1. The first-order chi connectivity index (χ1) is 12.5. The van der Waals surface area contributed by atoms with Gasteiger partial charge in [-0.3, -0.25) is 19.1 Å². The van der Waals surface area contributed by atoms with Gasteiger partial charge >= 0.3 is 5.69 Å². The first-order valence-electron chi connectivity index (χ1n) is 8.33. The van der Waals surface area contributed by atoms with Gasteiger partial charge in [0, 0.05) is 24.2 Å². The first-order valence-corrected chi connectivity index (χ1v) is 8.33. The van der Waals surface area contributed by atoms with E-state index in [0.29, 0.717) is 24.5 Å². The fourth-order valence-electron chi connectivity index (χ4n) is 2.95. The Balaban J connectivity index is 1.58. The molecule has 0 bridgehead atoms. The molecule has 2 N–H and O–H groups in total. The van der Waals surface area contributed by atoms with Crippen LogP contribution in [0.3, 0.4) is 0 Å². The largest absolute Gasteiger partial charge is 0.493 e. The predicted molar refractivity (Wildman–Crippen MR) is 94.8 cm³/mol. The second-order valence-corrected chi connectivity index (χ2v) is 6.33. The smallest absolute Gasteiger partial charge is 0.328 e. The maximum absolute atomic E-state index is 12.1. The maximum Gasteiger partial charge on any atom is 0.328 e. The van der Waals surface area contributed by atoms with E-state index in [1.54, 1.807) is 14.0 Å². The lowest BCUT2D eigenvalue weighted by molar-refractivity contribution is -0.122. The zero-order chi connectivity index (χ0) is 18.7. The summed E-state index contributed by atoms with van der Waals surface area (Å²) in [4.78, 5) is 37.4. The van der Waals surface area contributed by atoms with E-state index in [-0.39, 0.29) is 18.4 Å². The third-order valence-corrected chi connectivity index (χ3v) is 4.34. The SMILES string of the molecule is COc1cccc2c1OC[C@H](CNC(=O)Cn1cc(C)c(=O)[nH]c1=O)C2. The Morgan fingerprint density at radius 1 is 1.42 bits per heavy atom. The molecule has 1 aromatic heterocycles. The van der Waals surface area contributed by atoms with Crippen molar-refractivity contribution in [3.63, 3.8) is 0 Å². The average molecular weight is 359 g/mol. The Morgan fingerprint density at radius 3 is 3.00 bits per heavy atom. The van der Waals surface area contributed by atoms with Crippen molar-refractivity contribution in [1.82, 2.24) is 14.9 Å². The van der Waals surface area contributed by atoms with Crippen molar-refractivity contribution in [3.8, 4) is 11.5 Å². The second-order valence-electron chi connectivity index (χ2n) is 6.33. The first kappa shape index (κ1) is 17.8. The van der Waals surface area contributed by atoms with Gasteiger partial charge in [-0.25, -0.2) is 4.79 Å². The van der Waals surface area contributed by atoms with Crippen LogP contribution >= 0.6 is 0 Å². The van der Waals surface area contributed by atoms with E-state index >= 15 is 0 Å². The molecule has 0 saturated carbocycles. The summed E-state index contributed by atoms with van der Waals surface area (Å²) < 4.78 is 12.3. The molecule has 2 aromatic rings. The molecule has 3 rings (SSSR count). The van der Waals surface area contributed by atoms with Crippen molar-refractivity contribution in [2.24, 2.45) is 5.92 Å². The highest BCUT2D eigenvalue weighted by Crippen LogP contribution is 2.35. The van der Waals surface area contributed by atoms with Gasteiger partial charge in [-0.05, 0) is 25.0 Å². The van der Waals surface area contributed by atoms with Crippen LogP contribution in [-0.4, -0.2) is 35.7 Å². The molecule has 1 aliphatic rings. The van der Waals surface area contributed by atoms with Crippen LogP contribution in [0.1, 0.15) is 11.1 Å². The molecule has 26 heavy (non-hydrogen) atoms. The van der Waals surface area contributed by atoms with E-state index in [2.05, 4.69) is 10.3 Å². The summed E-state index contributed by atoms with van der Waals surface area (Å²) in [6, 6.07) is 5.74. The van der Waals surface area contributed by atoms with Crippen molar-refractivity contribution < 1.29 is 14.3 Å². The molecule has 0 fully saturated rings. The van der Waals surface area contributed by atoms with Crippen LogP contribution in [0, 0.1) is 12.8 Å². The quantitative estimate of drug-likeness (QED) is 0.795. The van der Waals surface area contributed by atoms with Crippen LogP contribution < -0.4 is 26.0 Å². The predicted octanol–water partition coefficient (Wildman–Crippen LogP) is 0.221. The molecule has 0 spiro atoms. The lowest BCUT2D eigenvalue weighted by Crippen LogP contribution is -2.39. The number of nitrogens with one attached hydrogen (secondary N) is 2. The summed E-state index contributed by atoms with van der Waals surface area (Å²) in [6.07, 6.45) is 2.15. The molecule has 0 radical (unpaired) electrons. The zero-order valence-corrected chi connectivity index (χ0v) is 14.7. The minimum atomic E-state index is -0.599. The molecule has 1 atom stereocenters. The van der Waals surface area contributed by atoms with Gasteiger partial charge in [0.1, 0.15) is 6.54 Å². The van der Waals surface area contributed by atoms with Gasteiger partial charge in [0.2, 0.25) is 5.91 Å². The minimum Gasteiger partial charge on any atom is -0.493 e. The van der Waals surface area contributed by atoms with Gasteiger partial charge in [-0.15, -0.1) is 0 Å². The van der Waals surface area contributed by atoms with Crippen molar-refractivity contribution in [3.05, 3.63) is 56.4 Å². The molecule has 1 aliphatic heterocycles. The van der Waals surface area contributed by atoms with E-state index in [1.165, 1.54) is 10.8 Å². The van der Waals surface area contributed by atoms with Crippen LogP contribution in [-0.2, 0) is 17.8 Å². The highest BCUT2D eigenvalue weighted by Gasteiger charge is 2.23. The number of para-hydroxylation sites is 1. The molecule has 2 heterocycles. The Hall–Kier alpha value is -3.03. The number of methoxy groups -OCH3 is 1. The molecule has 8 nitrogen and oxygen atoms in total. The lowest BCUT2D eigenvalue weighted by atomic mass is 9.96. The van der Waals surface area contributed by atoms with Gasteiger partial charge in [0.25, 0.3) is 5.56 Å². The molecule has 8 heteroatoms. The summed E-state index contributed by atoms with van der Waals surface area (Å²) in [5, 5.41) is 2.82. The molecular weight excluding hydrogens is 338 g/mol. The third kappa shape index (κ3) is 3.79. The zero-order valence-electron chi connectivity index (χ0n) is 14.7. The molecular formula is C18H21N3O5. The van der Waals surface area contributed by atoms with Crippen molar-refractivity contribution in [2.75, 3.05) is 20.3 Å². The molecule has 0 unspecified atom stereocenters. The number of fused-ring (bicyclic) bond motifs is 1. The third-order valence-electron chi connectivity index (χ3n) is 4.34. The number of aryl methyl sites for hydroxylation is 1. The number of benzene rings is 1. The number of ether oxygens (including phenoxy) is 2. The molecule has 0 aliphatic carbocycles. The number of nitrogens with zero attached hydrogens (tertiary/aromatic N) is 1. The second kappa shape index (κ2) is 7.47. The fraction of sp³-hybridized carbons (Fsp3) is 0.389. The van der Waals surface area contributed by atoms with Gasteiger partial charge in [0.15, 0.2) is 11.5 Å².